The molecule has 22 heavy (non-hydrogen) atoms. The second-order valence-corrected chi connectivity index (χ2v) is 7.36. The lowest BCUT2D eigenvalue weighted by molar-refractivity contribution is -0.118. The Hall–Kier alpha value is -1.65. The van der Waals surface area contributed by atoms with Crippen molar-refractivity contribution in [2.45, 2.75) is 19.3 Å². The van der Waals surface area contributed by atoms with E-state index in [1.54, 1.807) is 11.3 Å². The van der Waals surface area contributed by atoms with Crippen molar-refractivity contribution in [3.05, 3.63) is 41.8 Å². The number of hydrogen-bond acceptors (Lipinski definition) is 3. The van der Waals surface area contributed by atoms with Gasteiger partial charge >= 0.3 is 0 Å². The first-order valence-corrected chi connectivity index (χ1v) is 8.80. The number of nitrogens with one attached hydrogen (secondary N) is 2. The fourth-order valence-electron chi connectivity index (χ4n) is 3.62. The SMILES string of the molecule is O=C(Nc1cccc(-c2cccs2)c1)C1CC12CCNCC2. The number of hydrogen-bond donors (Lipinski definition) is 2. The summed E-state index contributed by atoms with van der Waals surface area (Å²) in [4.78, 5) is 13.8. The summed E-state index contributed by atoms with van der Waals surface area (Å²) >= 11 is 1.72. The third kappa shape index (κ3) is 2.57. The van der Waals surface area contributed by atoms with Crippen molar-refractivity contribution in [3.8, 4) is 10.4 Å². The van der Waals surface area contributed by atoms with E-state index in [0.717, 1.165) is 38.0 Å². The molecule has 1 amide bonds. The molecule has 1 saturated carbocycles. The number of anilines is 1. The highest BCUT2D eigenvalue weighted by molar-refractivity contribution is 7.13. The summed E-state index contributed by atoms with van der Waals surface area (Å²) in [6.07, 6.45) is 3.34. The molecule has 2 aromatic rings. The Morgan fingerprint density at radius 2 is 2.09 bits per heavy atom. The smallest absolute Gasteiger partial charge is 0.228 e. The van der Waals surface area contributed by atoms with Crippen LogP contribution in [0.5, 0.6) is 0 Å². The Morgan fingerprint density at radius 1 is 1.23 bits per heavy atom. The summed E-state index contributed by atoms with van der Waals surface area (Å²) < 4.78 is 0. The first-order chi connectivity index (χ1) is 10.8. The van der Waals surface area contributed by atoms with E-state index in [-0.39, 0.29) is 11.8 Å². The Labute approximate surface area is 134 Å². The average molecular weight is 312 g/mol. The number of benzene rings is 1. The van der Waals surface area contributed by atoms with E-state index in [1.807, 2.05) is 12.1 Å². The van der Waals surface area contributed by atoms with E-state index in [0.29, 0.717) is 5.41 Å². The second kappa shape index (κ2) is 5.52. The zero-order chi connectivity index (χ0) is 15.0. The highest BCUT2D eigenvalue weighted by Gasteiger charge is 2.57. The van der Waals surface area contributed by atoms with Gasteiger partial charge in [-0.3, -0.25) is 4.79 Å². The first kappa shape index (κ1) is 14.0. The van der Waals surface area contributed by atoms with Crippen LogP contribution in [-0.2, 0) is 4.79 Å². The van der Waals surface area contributed by atoms with E-state index in [1.165, 1.54) is 10.4 Å². The maximum Gasteiger partial charge on any atom is 0.228 e. The van der Waals surface area contributed by atoms with Crippen molar-refractivity contribution >= 4 is 22.9 Å². The zero-order valence-corrected chi connectivity index (χ0v) is 13.3. The number of carbonyl (C=O) groups is 1. The fraction of sp³-hybridized carbons (Fsp3) is 0.389. The molecule has 3 nitrogen and oxygen atoms in total. The Balaban J connectivity index is 1.45. The summed E-state index contributed by atoms with van der Waals surface area (Å²) in [5.41, 5.74) is 2.37. The second-order valence-electron chi connectivity index (χ2n) is 6.42. The van der Waals surface area contributed by atoms with Gasteiger partial charge in [-0.25, -0.2) is 0 Å². The van der Waals surface area contributed by atoms with Gasteiger partial charge in [0.05, 0.1) is 0 Å². The molecule has 1 spiro atoms. The van der Waals surface area contributed by atoms with Crippen molar-refractivity contribution in [1.82, 2.24) is 5.32 Å². The minimum Gasteiger partial charge on any atom is -0.326 e. The molecule has 1 aliphatic carbocycles. The molecule has 1 aromatic carbocycles. The van der Waals surface area contributed by atoms with Gasteiger partial charge in [-0.15, -0.1) is 11.3 Å². The molecule has 2 N–H and O–H groups in total. The van der Waals surface area contributed by atoms with Gasteiger partial charge in [-0.2, -0.15) is 0 Å². The summed E-state index contributed by atoms with van der Waals surface area (Å²) in [6, 6.07) is 12.3. The van der Waals surface area contributed by atoms with Crippen LogP contribution in [0.15, 0.2) is 41.8 Å². The largest absolute Gasteiger partial charge is 0.326 e. The van der Waals surface area contributed by atoms with Crippen LogP contribution in [-0.4, -0.2) is 19.0 Å². The lowest BCUT2D eigenvalue weighted by Gasteiger charge is -2.23. The monoisotopic (exact) mass is 312 g/mol. The number of amides is 1. The molecule has 4 heteroatoms. The molecule has 1 aromatic heterocycles. The summed E-state index contributed by atoms with van der Waals surface area (Å²) in [5.74, 6) is 0.408. The molecule has 0 bridgehead atoms. The lowest BCUT2D eigenvalue weighted by atomic mass is 9.92. The molecule has 2 fully saturated rings. The van der Waals surface area contributed by atoms with Crippen molar-refractivity contribution in [2.75, 3.05) is 18.4 Å². The fourth-order valence-corrected chi connectivity index (χ4v) is 4.34. The van der Waals surface area contributed by atoms with E-state index >= 15 is 0 Å². The van der Waals surface area contributed by atoms with Crippen LogP contribution in [0.25, 0.3) is 10.4 Å². The van der Waals surface area contributed by atoms with Crippen molar-refractivity contribution in [2.24, 2.45) is 11.3 Å². The van der Waals surface area contributed by atoms with E-state index in [4.69, 9.17) is 0 Å². The number of piperidine rings is 1. The Kier molecular flexibility index (Phi) is 3.51. The van der Waals surface area contributed by atoms with Crippen LogP contribution in [0.4, 0.5) is 5.69 Å². The zero-order valence-electron chi connectivity index (χ0n) is 12.5. The Morgan fingerprint density at radius 3 is 2.86 bits per heavy atom. The number of thiophene rings is 1. The molecule has 1 saturated heterocycles. The van der Waals surface area contributed by atoms with Gasteiger partial charge in [0.1, 0.15) is 0 Å². The molecular formula is C18H20N2OS. The van der Waals surface area contributed by atoms with Gasteiger partial charge in [0, 0.05) is 16.5 Å². The van der Waals surface area contributed by atoms with Crippen LogP contribution in [0, 0.1) is 11.3 Å². The van der Waals surface area contributed by atoms with Gasteiger partial charge in [-0.05, 0) is 66.9 Å². The maximum atomic E-state index is 12.5. The molecule has 2 heterocycles. The van der Waals surface area contributed by atoms with Crippen molar-refractivity contribution < 1.29 is 4.79 Å². The molecule has 2 aliphatic rings. The third-order valence-electron chi connectivity index (χ3n) is 5.04. The highest BCUT2D eigenvalue weighted by atomic mass is 32.1. The van der Waals surface area contributed by atoms with Crippen LogP contribution in [0.2, 0.25) is 0 Å². The van der Waals surface area contributed by atoms with Crippen molar-refractivity contribution in [3.63, 3.8) is 0 Å². The molecule has 0 radical (unpaired) electrons. The quantitative estimate of drug-likeness (QED) is 0.906. The van der Waals surface area contributed by atoms with Crippen molar-refractivity contribution in [1.29, 1.82) is 0 Å². The van der Waals surface area contributed by atoms with Crippen LogP contribution >= 0.6 is 11.3 Å². The minimum atomic E-state index is 0.199. The molecule has 4 rings (SSSR count). The Bertz CT molecular complexity index is 674. The summed E-state index contributed by atoms with van der Waals surface area (Å²) in [5, 5.41) is 8.58. The number of carbonyl (C=O) groups excluding carboxylic acids is 1. The molecular weight excluding hydrogens is 292 g/mol. The van der Waals surface area contributed by atoms with E-state index < -0.39 is 0 Å². The predicted octanol–water partition coefficient (Wildman–Crippen LogP) is 3.74. The van der Waals surface area contributed by atoms with Gasteiger partial charge in [0.15, 0.2) is 0 Å². The average Bonchev–Trinajstić information content (AvgIpc) is 3.00. The van der Waals surface area contributed by atoms with Crippen LogP contribution < -0.4 is 10.6 Å². The maximum absolute atomic E-state index is 12.5. The van der Waals surface area contributed by atoms with Gasteiger partial charge in [0.25, 0.3) is 0 Å². The van der Waals surface area contributed by atoms with E-state index in [9.17, 15) is 4.79 Å². The summed E-state index contributed by atoms with van der Waals surface area (Å²) in [6.45, 7) is 2.11. The molecule has 114 valence electrons. The normalized spacial score (nSPS) is 22.5. The lowest BCUT2D eigenvalue weighted by Crippen LogP contribution is -2.31. The van der Waals surface area contributed by atoms with Crippen LogP contribution in [0.3, 0.4) is 0 Å². The third-order valence-corrected chi connectivity index (χ3v) is 5.96. The highest BCUT2D eigenvalue weighted by Crippen LogP contribution is 2.58. The first-order valence-electron chi connectivity index (χ1n) is 7.92. The van der Waals surface area contributed by atoms with Gasteiger partial charge in [-0.1, -0.05) is 18.2 Å². The molecule has 1 atom stereocenters. The topological polar surface area (TPSA) is 41.1 Å². The minimum absolute atomic E-state index is 0.199. The standard InChI is InChI=1S/C18H20N2OS/c21-17(15-12-18(15)6-8-19-9-7-18)20-14-4-1-3-13(11-14)16-5-2-10-22-16/h1-5,10-11,15,19H,6-9,12H2,(H,20,21). The molecule has 1 aliphatic heterocycles. The van der Waals surface area contributed by atoms with Crippen LogP contribution in [0.1, 0.15) is 19.3 Å². The van der Waals surface area contributed by atoms with Gasteiger partial charge < -0.3 is 10.6 Å². The molecule has 1 unspecified atom stereocenters. The summed E-state index contributed by atoms with van der Waals surface area (Å²) in [7, 11) is 0. The van der Waals surface area contributed by atoms with Gasteiger partial charge in [0.2, 0.25) is 5.91 Å². The number of rotatable bonds is 3. The predicted molar refractivity (Wildman–Crippen MR) is 91.0 cm³/mol. The van der Waals surface area contributed by atoms with E-state index in [2.05, 4.69) is 40.3 Å².